The normalized spacial score (nSPS) is 28.1. The van der Waals surface area contributed by atoms with Crippen molar-refractivity contribution in [3.05, 3.63) is 67.5 Å². The number of allylic oxidation sites excluding steroid dienone is 1. The number of anilines is 1. The molecule has 2 aliphatic rings. The number of nitro groups is 2. The summed E-state index contributed by atoms with van der Waals surface area (Å²) >= 11 is 0. The molecule has 1 amide bonds. The van der Waals surface area contributed by atoms with Crippen molar-refractivity contribution in [1.82, 2.24) is 0 Å². The number of amides is 1. The van der Waals surface area contributed by atoms with E-state index in [1.165, 1.54) is 12.1 Å². The maximum Gasteiger partial charge on any atom is 0.264 e. The zero-order valence-electron chi connectivity index (χ0n) is 14.1. The minimum absolute atomic E-state index is 0.316. The number of ketones is 1. The van der Waals surface area contributed by atoms with E-state index in [1.54, 1.807) is 18.2 Å². The van der Waals surface area contributed by atoms with Crippen LogP contribution in [0.4, 0.5) is 5.69 Å². The highest BCUT2D eigenvalue weighted by Crippen LogP contribution is 2.43. The van der Waals surface area contributed by atoms with Crippen molar-refractivity contribution in [3.63, 3.8) is 0 Å². The first-order chi connectivity index (χ1) is 13.2. The van der Waals surface area contributed by atoms with Crippen molar-refractivity contribution in [1.29, 1.82) is 0 Å². The van der Waals surface area contributed by atoms with Crippen LogP contribution in [-0.2, 0) is 9.59 Å². The van der Waals surface area contributed by atoms with Crippen molar-refractivity contribution < 1.29 is 29.5 Å². The number of nitrogens with one attached hydrogen (secondary N) is 1. The van der Waals surface area contributed by atoms with Gasteiger partial charge in [-0.3, -0.25) is 35.0 Å². The standard InChI is InChI=1S/C16H14N4O8/c21-12-6-9-10(18(23)24)7-11(19(25)26)13(15(9)20(27)28)14(12)16(22)17-8-4-2-1-3-5-8/h1-5,7,9,13-15H,6H2,(H,17,22)(H,23,24)/t9-,13-,14+,15+/m0/s1. The van der Waals surface area contributed by atoms with Crippen LogP contribution in [0.25, 0.3) is 0 Å². The molecule has 0 unspecified atom stereocenters. The molecule has 0 radical (unpaired) electrons. The summed E-state index contributed by atoms with van der Waals surface area (Å²) in [7, 11) is 0. The van der Waals surface area contributed by atoms with Gasteiger partial charge in [-0.25, -0.2) is 0 Å². The SMILES string of the molecule is O=C1C[C@H]2C(=[N+]([O-])O)C=C([N+](=O)[O-])[C@@H]([C@@H]1C(=O)Nc1ccccc1)[C@@H]2[N+](=O)[O-]. The lowest BCUT2D eigenvalue weighted by Crippen LogP contribution is -2.58. The summed E-state index contributed by atoms with van der Waals surface area (Å²) in [6, 6.07) is 6.18. The van der Waals surface area contributed by atoms with Gasteiger partial charge in [0.05, 0.1) is 11.0 Å². The predicted molar refractivity (Wildman–Crippen MR) is 91.4 cm³/mol. The molecule has 0 aromatic heterocycles. The Morgan fingerprint density at radius 2 is 1.79 bits per heavy atom. The number of para-hydroxylation sites is 1. The van der Waals surface area contributed by atoms with E-state index < -0.39 is 68.1 Å². The second-order valence-electron chi connectivity index (χ2n) is 6.44. The van der Waals surface area contributed by atoms with Crippen molar-refractivity contribution >= 4 is 23.1 Å². The van der Waals surface area contributed by atoms with E-state index in [9.17, 15) is 40.2 Å². The van der Waals surface area contributed by atoms with E-state index >= 15 is 0 Å². The fourth-order valence-electron chi connectivity index (χ4n) is 3.79. The van der Waals surface area contributed by atoms with Crippen LogP contribution in [0, 0.1) is 43.2 Å². The van der Waals surface area contributed by atoms with Crippen LogP contribution in [-0.4, -0.2) is 43.4 Å². The Hall–Kier alpha value is -3.83. The monoisotopic (exact) mass is 390 g/mol. The number of hydrogen-bond acceptors (Lipinski definition) is 8. The highest BCUT2D eigenvalue weighted by molar-refractivity contribution is 6.11. The first-order valence-electron chi connectivity index (χ1n) is 8.13. The van der Waals surface area contributed by atoms with Gasteiger partial charge >= 0.3 is 0 Å². The number of benzene rings is 1. The summed E-state index contributed by atoms with van der Waals surface area (Å²) in [4.78, 5) is 45.9. The van der Waals surface area contributed by atoms with Gasteiger partial charge in [-0.1, -0.05) is 18.2 Å². The Bertz CT molecular complexity index is 922. The Morgan fingerprint density at radius 1 is 1.14 bits per heavy atom. The minimum Gasteiger partial charge on any atom is -0.417 e. The highest BCUT2D eigenvalue weighted by atomic mass is 16.8. The Balaban J connectivity index is 2.10. The van der Waals surface area contributed by atoms with Crippen LogP contribution in [0.15, 0.2) is 42.1 Å². The average molecular weight is 390 g/mol. The molecule has 2 N–H and O–H groups in total. The molecule has 1 aromatic rings. The zero-order valence-corrected chi connectivity index (χ0v) is 14.1. The van der Waals surface area contributed by atoms with Crippen molar-refractivity contribution in [2.24, 2.45) is 17.8 Å². The fourth-order valence-corrected chi connectivity index (χ4v) is 3.79. The fraction of sp³-hybridized carbons (Fsp3) is 0.312. The van der Waals surface area contributed by atoms with Gasteiger partial charge in [0, 0.05) is 21.9 Å². The van der Waals surface area contributed by atoms with Crippen LogP contribution >= 0.6 is 0 Å². The van der Waals surface area contributed by atoms with E-state index in [-0.39, 0.29) is 0 Å². The van der Waals surface area contributed by atoms with Crippen molar-refractivity contribution in [3.8, 4) is 0 Å². The third-order valence-electron chi connectivity index (χ3n) is 4.92. The molecule has 12 heteroatoms. The molecule has 1 fully saturated rings. The lowest BCUT2D eigenvalue weighted by atomic mass is 9.63. The number of fused-ring (bicyclic) bond motifs is 2. The average Bonchev–Trinajstić information content (AvgIpc) is 2.61. The van der Waals surface area contributed by atoms with Gasteiger partial charge < -0.3 is 10.5 Å². The quantitative estimate of drug-likeness (QED) is 0.247. The Kier molecular flexibility index (Phi) is 4.78. The Labute approximate surface area is 156 Å². The van der Waals surface area contributed by atoms with Crippen LogP contribution in [0.5, 0.6) is 0 Å². The van der Waals surface area contributed by atoms with Gasteiger partial charge in [0.15, 0.2) is 0 Å². The maximum atomic E-state index is 12.7. The van der Waals surface area contributed by atoms with Crippen LogP contribution in [0.1, 0.15) is 6.42 Å². The second-order valence-corrected chi connectivity index (χ2v) is 6.44. The first kappa shape index (κ1) is 18.9. The predicted octanol–water partition coefficient (Wildman–Crippen LogP) is 0.607. The summed E-state index contributed by atoms with van der Waals surface area (Å²) in [6.45, 7) is 0. The molecule has 0 saturated heterocycles. The molecule has 146 valence electrons. The van der Waals surface area contributed by atoms with Gasteiger partial charge in [0.1, 0.15) is 23.5 Å². The number of carbonyl (C=O) groups excluding carboxylic acids is 2. The molecule has 3 rings (SSSR count). The molecule has 0 heterocycles. The van der Waals surface area contributed by atoms with Crippen LogP contribution < -0.4 is 5.32 Å². The summed E-state index contributed by atoms with van der Waals surface area (Å²) in [5.41, 5.74) is -1.18. The molecule has 2 bridgehead atoms. The number of hydrogen-bond donors (Lipinski definition) is 2. The van der Waals surface area contributed by atoms with E-state index in [4.69, 9.17) is 0 Å². The molecule has 1 saturated carbocycles. The van der Waals surface area contributed by atoms with Crippen LogP contribution in [0.2, 0.25) is 0 Å². The number of rotatable bonds is 4. The molecule has 12 nitrogen and oxygen atoms in total. The van der Waals surface area contributed by atoms with Gasteiger partial charge in [0.25, 0.3) is 11.4 Å². The minimum atomic E-state index is -1.78. The van der Waals surface area contributed by atoms with Gasteiger partial charge in [-0.05, 0) is 12.1 Å². The Morgan fingerprint density at radius 3 is 2.32 bits per heavy atom. The topological polar surface area (TPSA) is 179 Å². The van der Waals surface area contributed by atoms with E-state index in [0.717, 1.165) is 0 Å². The first-order valence-corrected chi connectivity index (χ1v) is 8.13. The number of Topliss-reactive ketones (excluding diaryl/α,β-unsaturated/α-hetero) is 1. The van der Waals surface area contributed by atoms with E-state index in [0.29, 0.717) is 11.8 Å². The molecule has 2 aliphatic carbocycles. The molecular weight excluding hydrogens is 376 g/mol. The van der Waals surface area contributed by atoms with Gasteiger partial charge in [-0.2, -0.15) is 0 Å². The largest absolute Gasteiger partial charge is 0.417 e. The lowest BCUT2D eigenvalue weighted by Gasteiger charge is -2.35. The molecule has 28 heavy (non-hydrogen) atoms. The van der Waals surface area contributed by atoms with Crippen LogP contribution in [0.3, 0.4) is 0 Å². The molecular formula is C16H14N4O8. The smallest absolute Gasteiger partial charge is 0.264 e. The summed E-state index contributed by atoms with van der Waals surface area (Å²) in [5, 5.41) is 46.1. The van der Waals surface area contributed by atoms with Gasteiger partial charge in [-0.15, -0.1) is 0 Å². The summed E-state index contributed by atoms with van der Waals surface area (Å²) < 4.78 is 0. The third kappa shape index (κ3) is 3.15. The number of carbonyl (C=O) groups is 2. The molecule has 4 atom stereocenters. The van der Waals surface area contributed by atoms with Crippen molar-refractivity contribution in [2.45, 2.75) is 12.5 Å². The van der Waals surface area contributed by atoms with Gasteiger partial charge in [0.2, 0.25) is 11.9 Å². The second kappa shape index (κ2) is 7.06. The molecule has 0 spiro atoms. The zero-order chi connectivity index (χ0) is 20.6. The van der Waals surface area contributed by atoms with Crippen molar-refractivity contribution in [2.75, 3.05) is 5.32 Å². The maximum absolute atomic E-state index is 12.7. The summed E-state index contributed by atoms with van der Waals surface area (Å²) in [6.07, 6.45) is 0.128. The molecule has 0 aliphatic heterocycles. The summed E-state index contributed by atoms with van der Waals surface area (Å²) in [5.74, 6) is -6.43. The highest BCUT2D eigenvalue weighted by Gasteiger charge is 2.64. The van der Waals surface area contributed by atoms with E-state index in [1.807, 2.05) is 0 Å². The van der Waals surface area contributed by atoms with E-state index in [2.05, 4.69) is 5.32 Å². The molecule has 1 aromatic carbocycles. The lowest BCUT2D eigenvalue weighted by molar-refractivity contribution is -0.728. The number of nitrogens with zero attached hydrogens (tertiary/aromatic N) is 3. The third-order valence-corrected chi connectivity index (χ3v) is 4.92.